The fourth-order valence-electron chi connectivity index (χ4n) is 4.80. The molecule has 12 heteroatoms. The first-order chi connectivity index (χ1) is 19.0. The molecule has 0 saturated heterocycles. The summed E-state index contributed by atoms with van der Waals surface area (Å²) < 4.78 is 94.2. The number of nitrogens with zero attached hydrogens (tertiary/aromatic N) is 4. The van der Waals surface area contributed by atoms with Crippen LogP contribution in [0.5, 0.6) is 0 Å². The van der Waals surface area contributed by atoms with Gasteiger partial charge in [0.2, 0.25) is 0 Å². The Balaban J connectivity index is 1.61. The van der Waals surface area contributed by atoms with Gasteiger partial charge in [-0.05, 0) is 55.5 Å². The Labute approximate surface area is 225 Å². The second-order valence-electron chi connectivity index (χ2n) is 9.28. The van der Waals surface area contributed by atoms with Crippen molar-refractivity contribution in [2.45, 2.75) is 37.0 Å². The predicted molar refractivity (Wildman–Crippen MR) is 136 cm³/mol. The van der Waals surface area contributed by atoms with E-state index in [1.165, 1.54) is 38.2 Å². The van der Waals surface area contributed by atoms with Gasteiger partial charge in [-0.25, -0.2) is 21.6 Å². The summed E-state index contributed by atoms with van der Waals surface area (Å²) in [4.78, 5) is 16.9. The monoisotopic (exact) mass is 565 g/mol. The van der Waals surface area contributed by atoms with E-state index in [1.54, 1.807) is 0 Å². The van der Waals surface area contributed by atoms with Crippen molar-refractivity contribution >= 4 is 21.4 Å². The van der Waals surface area contributed by atoms with Gasteiger partial charge in [0.25, 0.3) is 5.56 Å². The van der Waals surface area contributed by atoms with Gasteiger partial charge in [0, 0.05) is 40.7 Å². The molecule has 1 saturated carbocycles. The molecule has 0 aliphatic heterocycles. The molecule has 1 aliphatic carbocycles. The average Bonchev–Trinajstić information content (AvgIpc) is 3.54. The zero-order chi connectivity index (χ0) is 30.2. The Morgan fingerprint density at radius 2 is 1.87 bits per heavy atom. The summed E-state index contributed by atoms with van der Waals surface area (Å²) in [7, 11) is -3.97. The van der Waals surface area contributed by atoms with Crippen molar-refractivity contribution in [2.24, 2.45) is 6.98 Å². The molecular formula is C26H22ClF3N4O3S. The van der Waals surface area contributed by atoms with Crippen LogP contribution in [0.3, 0.4) is 0 Å². The topological polar surface area (TPSA) is 86.8 Å². The average molecular weight is 566 g/mol. The lowest BCUT2D eigenvalue weighted by atomic mass is 10.1. The molecule has 0 N–H and O–H groups in total. The van der Waals surface area contributed by atoms with Gasteiger partial charge in [-0.15, -0.1) is 0 Å². The number of aromatic nitrogens is 4. The number of halogens is 4. The lowest BCUT2D eigenvalue weighted by Gasteiger charge is -2.18. The van der Waals surface area contributed by atoms with E-state index >= 15 is 8.78 Å². The highest BCUT2D eigenvalue weighted by molar-refractivity contribution is 7.90. The van der Waals surface area contributed by atoms with E-state index < -0.39 is 67.8 Å². The molecule has 3 aromatic heterocycles. The molecule has 1 fully saturated rings. The minimum atomic E-state index is -3.97. The molecule has 0 bridgehead atoms. The molecule has 7 nitrogen and oxygen atoms in total. The first kappa shape index (κ1) is 22.5. The molecule has 1 aliphatic rings. The summed E-state index contributed by atoms with van der Waals surface area (Å²) in [6, 6.07) is 5.02. The summed E-state index contributed by atoms with van der Waals surface area (Å²) >= 11 is 6.48. The first-order valence-electron chi connectivity index (χ1n) is 12.8. The third-order valence-electron chi connectivity index (χ3n) is 6.68. The molecule has 0 amide bonds. The standard InChI is InChI=1S/C26H22ClF3N4O3S/c1-12-10-31-23(14-6-5-7-19(21(14)29)38(4,36)37)22(30)24(12)34-13(2)8-16(20(27)26(34)35)15-9-17(15)25-18(28)11-32-33(25)3/h5-8,10-11,15,17H,9H2,1-4H3/t15-,17+/m1/s1/i3D3. The molecule has 1 aromatic carbocycles. The van der Waals surface area contributed by atoms with E-state index in [9.17, 15) is 17.6 Å². The van der Waals surface area contributed by atoms with Gasteiger partial charge in [0.15, 0.2) is 27.3 Å². The van der Waals surface area contributed by atoms with Gasteiger partial charge in [-0.1, -0.05) is 17.7 Å². The Morgan fingerprint density at radius 3 is 2.55 bits per heavy atom. The van der Waals surface area contributed by atoms with E-state index in [0.29, 0.717) is 16.7 Å². The van der Waals surface area contributed by atoms with Gasteiger partial charge >= 0.3 is 0 Å². The number of hydrogen-bond acceptors (Lipinski definition) is 5. The van der Waals surface area contributed by atoms with Gasteiger partial charge in [-0.2, -0.15) is 5.10 Å². The van der Waals surface area contributed by atoms with Crippen molar-refractivity contribution in [3.05, 3.63) is 92.0 Å². The number of benzene rings is 1. The van der Waals surface area contributed by atoms with Crippen molar-refractivity contribution in [1.29, 1.82) is 0 Å². The Hall–Kier alpha value is -3.44. The normalized spacial score (nSPS) is 18.7. The van der Waals surface area contributed by atoms with Crippen LogP contribution in [0.25, 0.3) is 16.9 Å². The third kappa shape index (κ3) is 4.14. The van der Waals surface area contributed by atoms with E-state index in [2.05, 4.69) is 10.1 Å². The van der Waals surface area contributed by atoms with Gasteiger partial charge in [0.05, 0.1) is 17.6 Å². The number of sulfone groups is 1. The van der Waals surface area contributed by atoms with Crippen molar-refractivity contribution in [3.63, 3.8) is 0 Å². The molecule has 0 radical (unpaired) electrons. The zero-order valence-corrected chi connectivity index (χ0v) is 21.8. The molecule has 5 rings (SSSR count). The molecule has 38 heavy (non-hydrogen) atoms. The third-order valence-corrected chi connectivity index (χ3v) is 8.17. The predicted octanol–water partition coefficient (Wildman–Crippen LogP) is 5.00. The molecule has 3 heterocycles. The van der Waals surface area contributed by atoms with E-state index in [-0.39, 0.29) is 27.7 Å². The van der Waals surface area contributed by atoms with Crippen molar-refractivity contribution in [2.75, 3.05) is 6.26 Å². The smallest absolute Gasteiger partial charge is 0.274 e. The summed E-state index contributed by atoms with van der Waals surface area (Å²) in [6.45, 7) is 0.307. The van der Waals surface area contributed by atoms with Crippen LogP contribution in [0.2, 0.25) is 5.02 Å². The largest absolute Gasteiger partial charge is 0.277 e. The zero-order valence-electron chi connectivity index (χ0n) is 23.3. The number of hydrogen-bond donors (Lipinski definition) is 0. The van der Waals surface area contributed by atoms with Gasteiger partial charge in [0.1, 0.15) is 15.6 Å². The number of aryl methyl sites for hydroxylation is 3. The Kier molecular flexibility index (Phi) is 5.39. The highest BCUT2D eigenvalue weighted by atomic mass is 35.5. The number of rotatable bonds is 5. The van der Waals surface area contributed by atoms with Crippen molar-refractivity contribution < 1.29 is 25.7 Å². The SMILES string of the molecule is [2H]C([2H])([2H])n1ncc(F)c1[C@H]1C[C@@H]1c1cc(C)n(-c2c(C)cnc(-c3cccc(S(C)(=O)=O)c3F)c2F)c(=O)c1Cl. The molecule has 198 valence electrons. The summed E-state index contributed by atoms with van der Waals surface area (Å²) in [5, 5.41) is 3.37. The fraction of sp³-hybridized carbons (Fsp3) is 0.269. The second kappa shape index (κ2) is 9.09. The maximum absolute atomic E-state index is 16.0. The molecule has 2 atom stereocenters. The first-order valence-corrected chi connectivity index (χ1v) is 13.6. The van der Waals surface area contributed by atoms with Gasteiger partial charge < -0.3 is 0 Å². The minimum absolute atomic E-state index is 0.119. The molecule has 0 unspecified atom stereocenters. The van der Waals surface area contributed by atoms with Crippen LogP contribution in [0, 0.1) is 31.3 Å². The van der Waals surface area contributed by atoms with Crippen molar-refractivity contribution in [3.8, 4) is 16.9 Å². The molecule has 4 aromatic rings. The fourth-order valence-corrected chi connectivity index (χ4v) is 5.84. The summed E-state index contributed by atoms with van der Waals surface area (Å²) in [6.07, 6.45) is 3.18. The Bertz CT molecular complexity index is 1910. The maximum atomic E-state index is 16.0. The van der Waals surface area contributed by atoms with Crippen LogP contribution >= 0.6 is 11.6 Å². The van der Waals surface area contributed by atoms with Crippen LogP contribution < -0.4 is 5.56 Å². The maximum Gasteiger partial charge on any atom is 0.274 e. The van der Waals surface area contributed by atoms with Crippen molar-refractivity contribution in [1.82, 2.24) is 19.3 Å². The number of pyridine rings is 2. The summed E-state index contributed by atoms with van der Waals surface area (Å²) in [5.74, 6) is -4.12. The highest BCUT2D eigenvalue weighted by Gasteiger charge is 2.45. The van der Waals surface area contributed by atoms with E-state index in [0.717, 1.165) is 23.1 Å². The summed E-state index contributed by atoms with van der Waals surface area (Å²) in [5.41, 5.74) is -1.29. The van der Waals surface area contributed by atoms with E-state index in [1.807, 2.05) is 0 Å². The van der Waals surface area contributed by atoms with Crippen LogP contribution in [-0.2, 0) is 16.8 Å². The lowest BCUT2D eigenvalue weighted by Crippen LogP contribution is -2.24. The van der Waals surface area contributed by atoms with Gasteiger partial charge in [-0.3, -0.25) is 19.0 Å². The van der Waals surface area contributed by atoms with Crippen LogP contribution in [0.15, 0.2) is 46.3 Å². The van der Waals surface area contributed by atoms with Crippen LogP contribution in [0.1, 0.15) is 44.9 Å². The van der Waals surface area contributed by atoms with Crippen LogP contribution in [0.4, 0.5) is 13.2 Å². The van der Waals surface area contributed by atoms with Crippen LogP contribution in [-0.4, -0.2) is 34.0 Å². The minimum Gasteiger partial charge on any atom is -0.277 e. The van der Waals surface area contributed by atoms with E-state index in [4.69, 9.17) is 15.7 Å². The lowest BCUT2D eigenvalue weighted by molar-refractivity contribution is 0.569. The Morgan fingerprint density at radius 1 is 1.13 bits per heavy atom. The molecular weight excluding hydrogens is 541 g/mol. The second-order valence-corrected chi connectivity index (χ2v) is 11.6. The highest BCUT2D eigenvalue weighted by Crippen LogP contribution is 2.56. The molecule has 0 spiro atoms. The quantitative estimate of drug-likeness (QED) is 0.340.